The summed E-state index contributed by atoms with van der Waals surface area (Å²) in [6.45, 7) is 2.52. The van der Waals surface area contributed by atoms with Crippen LogP contribution >= 0.6 is 0 Å². The minimum atomic E-state index is -0.362. The highest BCUT2D eigenvalue weighted by molar-refractivity contribution is 5.23. The predicted molar refractivity (Wildman–Crippen MR) is 66.0 cm³/mol. The topological polar surface area (TPSA) is 43.4 Å². The van der Waals surface area contributed by atoms with Gasteiger partial charge in [0.05, 0.1) is 6.61 Å². The molecule has 1 saturated heterocycles. The molecule has 1 aromatic rings. The zero-order valence-corrected chi connectivity index (χ0v) is 10.6. The van der Waals surface area contributed by atoms with Crippen LogP contribution in [0.1, 0.15) is 18.4 Å². The summed E-state index contributed by atoms with van der Waals surface area (Å²) in [5, 5.41) is 2.92. The van der Waals surface area contributed by atoms with E-state index in [1.807, 2.05) is 0 Å². The molecule has 1 aliphatic rings. The third-order valence-electron chi connectivity index (χ3n) is 3.10. The van der Waals surface area contributed by atoms with Gasteiger partial charge in [-0.3, -0.25) is 0 Å². The second-order valence-electron chi connectivity index (χ2n) is 4.49. The monoisotopic (exact) mass is 254 g/mol. The zero-order chi connectivity index (χ0) is 12.8. The Morgan fingerprint density at radius 1 is 1.50 bits per heavy atom. The molecule has 2 rings (SSSR count). The summed E-state index contributed by atoms with van der Waals surface area (Å²) in [6.07, 6.45) is 3.52. The van der Waals surface area contributed by atoms with Crippen molar-refractivity contribution in [1.82, 2.24) is 10.3 Å². The first-order valence-electron chi connectivity index (χ1n) is 6.29. The van der Waals surface area contributed by atoms with Gasteiger partial charge >= 0.3 is 0 Å². The molecule has 1 fully saturated rings. The molecule has 0 bridgehead atoms. The average Bonchev–Trinajstić information content (AvgIpc) is 2.41. The number of ether oxygens (including phenoxy) is 2. The number of halogens is 1. The molecule has 0 spiro atoms. The highest BCUT2D eigenvalue weighted by Gasteiger charge is 2.16. The average molecular weight is 254 g/mol. The van der Waals surface area contributed by atoms with E-state index in [4.69, 9.17) is 9.47 Å². The van der Waals surface area contributed by atoms with Crippen LogP contribution in [0.3, 0.4) is 0 Å². The van der Waals surface area contributed by atoms with Crippen LogP contribution in [0.5, 0.6) is 5.88 Å². The van der Waals surface area contributed by atoms with Gasteiger partial charge in [-0.05, 0) is 31.9 Å². The van der Waals surface area contributed by atoms with E-state index in [1.54, 1.807) is 19.3 Å². The summed E-state index contributed by atoms with van der Waals surface area (Å²) in [7, 11) is 1.78. The molecule has 0 atom stereocenters. The fraction of sp³-hybridized carbons (Fsp3) is 0.615. The number of nitrogens with zero attached hydrogens (tertiary/aromatic N) is 1. The minimum absolute atomic E-state index is 0.106. The maximum atomic E-state index is 14.0. The minimum Gasteiger partial charge on any atom is -0.475 e. The Hall–Kier alpha value is -1.20. The second kappa shape index (κ2) is 6.66. The molecule has 2 heterocycles. The highest BCUT2D eigenvalue weighted by atomic mass is 19.1. The van der Waals surface area contributed by atoms with Crippen LogP contribution in [0.25, 0.3) is 0 Å². The molecule has 0 unspecified atom stereocenters. The number of aromatic nitrogens is 1. The van der Waals surface area contributed by atoms with Gasteiger partial charge in [-0.2, -0.15) is 0 Å². The quantitative estimate of drug-likeness (QED) is 0.869. The van der Waals surface area contributed by atoms with E-state index in [9.17, 15) is 4.39 Å². The number of nitrogens with one attached hydrogen (secondary N) is 1. The molecule has 1 N–H and O–H groups in total. The van der Waals surface area contributed by atoms with Gasteiger partial charge in [0.15, 0.2) is 5.82 Å². The van der Waals surface area contributed by atoms with Crippen LogP contribution in [-0.4, -0.2) is 31.9 Å². The van der Waals surface area contributed by atoms with Crippen molar-refractivity contribution in [2.75, 3.05) is 26.9 Å². The molecular weight excluding hydrogens is 235 g/mol. The molecule has 0 saturated carbocycles. The molecule has 18 heavy (non-hydrogen) atoms. The second-order valence-corrected chi connectivity index (χ2v) is 4.49. The van der Waals surface area contributed by atoms with Crippen LogP contribution in [-0.2, 0) is 11.3 Å². The third kappa shape index (κ3) is 3.40. The number of rotatable bonds is 5. The van der Waals surface area contributed by atoms with Crippen molar-refractivity contribution in [3.8, 4) is 5.88 Å². The summed E-state index contributed by atoms with van der Waals surface area (Å²) in [5.74, 6) is 0.182. The first kappa shape index (κ1) is 13.2. The Kier molecular flexibility index (Phi) is 4.90. The van der Waals surface area contributed by atoms with Crippen LogP contribution in [0.15, 0.2) is 12.3 Å². The fourth-order valence-electron chi connectivity index (χ4n) is 2.00. The van der Waals surface area contributed by atoms with Crippen molar-refractivity contribution < 1.29 is 13.9 Å². The Morgan fingerprint density at radius 2 is 2.28 bits per heavy atom. The third-order valence-corrected chi connectivity index (χ3v) is 3.10. The summed E-state index contributed by atoms with van der Waals surface area (Å²) in [4.78, 5) is 3.95. The molecule has 1 aromatic heterocycles. The van der Waals surface area contributed by atoms with Crippen molar-refractivity contribution in [1.29, 1.82) is 0 Å². The summed E-state index contributed by atoms with van der Waals surface area (Å²) in [6, 6.07) is 1.66. The smallest absolute Gasteiger partial charge is 0.250 e. The van der Waals surface area contributed by atoms with E-state index < -0.39 is 0 Å². The molecule has 0 radical (unpaired) electrons. The Balaban J connectivity index is 1.93. The van der Waals surface area contributed by atoms with E-state index in [0.29, 0.717) is 24.6 Å². The maximum absolute atomic E-state index is 14.0. The van der Waals surface area contributed by atoms with Crippen LogP contribution < -0.4 is 10.1 Å². The lowest BCUT2D eigenvalue weighted by atomic mass is 10.0. The SMILES string of the molecule is CNCc1ccnc(OCC2CCOCC2)c1F. The van der Waals surface area contributed by atoms with Crippen molar-refractivity contribution >= 4 is 0 Å². The van der Waals surface area contributed by atoms with Crippen LogP contribution in [0, 0.1) is 11.7 Å². The van der Waals surface area contributed by atoms with Gasteiger partial charge in [-0.1, -0.05) is 0 Å². The van der Waals surface area contributed by atoms with E-state index in [2.05, 4.69) is 10.3 Å². The summed E-state index contributed by atoms with van der Waals surface area (Å²) >= 11 is 0. The fourth-order valence-corrected chi connectivity index (χ4v) is 2.00. The van der Waals surface area contributed by atoms with Crippen molar-refractivity contribution in [3.05, 3.63) is 23.6 Å². The van der Waals surface area contributed by atoms with E-state index in [0.717, 1.165) is 26.1 Å². The van der Waals surface area contributed by atoms with Gasteiger partial charge < -0.3 is 14.8 Å². The molecule has 5 heteroatoms. The van der Waals surface area contributed by atoms with Gasteiger partial charge in [0, 0.05) is 31.5 Å². The van der Waals surface area contributed by atoms with Gasteiger partial charge in [-0.25, -0.2) is 9.37 Å². The maximum Gasteiger partial charge on any atom is 0.250 e. The van der Waals surface area contributed by atoms with Gasteiger partial charge in [-0.15, -0.1) is 0 Å². The van der Waals surface area contributed by atoms with Crippen molar-refractivity contribution in [3.63, 3.8) is 0 Å². The van der Waals surface area contributed by atoms with Gasteiger partial charge in [0.25, 0.3) is 5.88 Å². The Morgan fingerprint density at radius 3 is 3.00 bits per heavy atom. The van der Waals surface area contributed by atoms with Crippen LogP contribution in [0.2, 0.25) is 0 Å². The van der Waals surface area contributed by atoms with E-state index in [-0.39, 0.29) is 11.7 Å². The summed E-state index contributed by atoms with van der Waals surface area (Å²) in [5.41, 5.74) is 0.578. The van der Waals surface area contributed by atoms with Gasteiger partial charge in [0.2, 0.25) is 0 Å². The lowest BCUT2D eigenvalue weighted by molar-refractivity contribution is 0.0483. The highest BCUT2D eigenvalue weighted by Crippen LogP contribution is 2.20. The molecular formula is C13H19FN2O2. The molecule has 1 aliphatic heterocycles. The summed E-state index contributed by atoms with van der Waals surface area (Å²) < 4.78 is 24.7. The number of pyridine rings is 1. The number of hydrogen-bond donors (Lipinski definition) is 1. The van der Waals surface area contributed by atoms with Crippen LogP contribution in [0.4, 0.5) is 4.39 Å². The predicted octanol–water partition coefficient (Wildman–Crippen LogP) is 1.75. The molecule has 100 valence electrons. The van der Waals surface area contributed by atoms with E-state index >= 15 is 0 Å². The molecule has 0 amide bonds. The zero-order valence-electron chi connectivity index (χ0n) is 10.6. The van der Waals surface area contributed by atoms with E-state index in [1.165, 1.54) is 0 Å². The first-order chi connectivity index (χ1) is 8.81. The molecule has 4 nitrogen and oxygen atoms in total. The standard InChI is InChI=1S/C13H19FN2O2/c1-15-8-11-2-5-16-13(12(11)14)18-9-10-3-6-17-7-4-10/h2,5,10,15H,3-4,6-9H2,1H3. The first-order valence-corrected chi connectivity index (χ1v) is 6.29. The largest absolute Gasteiger partial charge is 0.475 e. The van der Waals surface area contributed by atoms with Gasteiger partial charge in [0.1, 0.15) is 0 Å². The Bertz CT molecular complexity index is 381. The Labute approximate surface area is 107 Å². The van der Waals surface area contributed by atoms with Crippen molar-refractivity contribution in [2.45, 2.75) is 19.4 Å². The molecule has 0 aromatic carbocycles. The molecule has 0 aliphatic carbocycles. The lowest BCUT2D eigenvalue weighted by Gasteiger charge is -2.22. The lowest BCUT2D eigenvalue weighted by Crippen LogP contribution is -2.22. The normalized spacial score (nSPS) is 16.8. The van der Waals surface area contributed by atoms with Crippen molar-refractivity contribution in [2.24, 2.45) is 5.92 Å². The number of hydrogen-bond acceptors (Lipinski definition) is 4.